The van der Waals surface area contributed by atoms with Crippen molar-refractivity contribution >= 4 is 22.9 Å². The minimum Gasteiger partial charge on any atom is -0.380 e. The minimum atomic E-state index is -0.0583. The number of thiophene rings is 1. The number of nitrogens with one attached hydrogen (secondary N) is 1. The number of anilines is 1. The van der Waals surface area contributed by atoms with Gasteiger partial charge in [0, 0.05) is 12.8 Å². The van der Waals surface area contributed by atoms with Gasteiger partial charge in [-0.05, 0) is 41.6 Å². The average molecular weight is 261 g/mol. The standard InChI is InChI=1S/C14H15NO2S/c1-10-6-7-18-13(10)14(16)15-12-5-3-4-11(8-12)9-17-2/h3-8H,9H2,1-2H3,(H,15,16). The first-order chi connectivity index (χ1) is 8.70. The molecule has 18 heavy (non-hydrogen) atoms. The molecule has 1 aromatic heterocycles. The number of carbonyl (C=O) groups is 1. The quantitative estimate of drug-likeness (QED) is 0.915. The zero-order chi connectivity index (χ0) is 13.0. The molecule has 0 spiro atoms. The van der Waals surface area contributed by atoms with Crippen molar-refractivity contribution in [3.63, 3.8) is 0 Å². The lowest BCUT2D eigenvalue weighted by molar-refractivity contribution is 0.103. The van der Waals surface area contributed by atoms with Crippen molar-refractivity contribution in [1.29, 1.82) is 0 Å². The molecular weight excluding hydrogens is 246 g/mol. The molecule has 4 heteroatoms. The van der Waals surface area contributed by atoms with E-state index in [9.17, 15) is 4.79 Å². The Labute approximate surface area is 110 Å². The topological polar surface area (TPSA) is 38.3 Å². The van der Waals surface area contributed by atoms with Gasteiger partial charge in [-0.25, -0.2) is 0 Å². The van der Waals surface area contributed by atoms with Crippen LogP contribution >= 0.6 is 11.3 Å². The van der Waals surface area contributed by atoms with Crippen molar-refractivity contribution in [3.05, 3.63) is 51.7 Å². The van der Waals surface area contributed by atoms with Gasteiger partial charge in [0.25, 0.3) is 5.91 Å². The van der Waals surface area contributed by atoms with Gasteiger partial charge in [-0.3, -0.25) is 4.79 Å². The van der Waals surface area contributed by atoms with E-state index in [-0.39, 0.29) is 5.91 Å². The Morgan fingerprint density at radius 1 is 1.39 bits per heavy atom. The van der Waals surface area contributed by atoms with Crippen LogP contribution in [0, 0.1) is 6.92 Å². The number of benzene rings is 1. The van der Waals surface area contributed by atoms with Crippen LogP contribution in [-0.2, 0) is 11.3 Å². The van der Waals surface area contributed by atoms with Crippen LogP contribution in [0.2, 0.25) is 0 Å². The first-order valence-electron chi connectivity index (χ1n) is 5.64. The number of carbonyl (C=O) groups excluding carboxylic acids is 1. The van der Waals surface area contributed by atoms with Gasteiger partial charge in [0.05, 0.1) is 11.5 Å². The second-order valence-electron chi connectivity index (χ2n) is 4.02. The van der Waals surface area contributed by atoms with Crippen molar-refractivity contribution in [2.45, 2.75) is 13.5 Å². The predicted octanol–water partition coefficient (Wildman–Crippen LogP) is 3.46. The summed E-state index contributed by atoms with van der Waals surface area (Å²) in [6.45, 7) is 2.48. The molecule has 0 saturated heterocycles. The van der Waals surface area contributed by atoms with Gasteiger partial charge in [-0.2, -0.15) is 0 Å². The van der Waals surface area contributed by atoms with Crippen molar-refractivity contribution in [1.82, 2.24) is 0 Å². The van der Waals surface area contributed by atoms with E-state index < -0.39 is 0 Å². The molecule has 0 aliphatic heterocycles. The van der Waals surface area contributed by atoms with Crippen LogP contribution in [-0.4, -0.2) is 13.0 Å². The Kier molecular flexibility index (Phi) is 4.12. The molecule has 1 amide bonds. The minimum absolute atomic E-state index is 0.0583. The Morgan fingerprint density at radius 2 is 2.22 bits per heavy atom. The molecule has 0 radical (unpaired) electrons. The molecule has 3 nitrogen and oxygen atoms in total. The Balaban J connectivity index is 2.12. The lowest BCUT2D eigenvalue weighted by Gasteiger charge is -2.06. The number of methoxy groups -OCH3 is 1. The molecule has 1 N–H and O–H groups in total. The van der Waals surface area contributed by atoms with E-state index in [4.69, 9.17) is 4.74 Å². The summed E-state index contributed by atoms with van der Waals surface area (Å²) in [5, 5.41) is 4.82. The zero-order valence-corrected chi connectivity index (χ0v) is 11.2. The second kappa shape index (κ2) is 5.80. The first kappa shape index (κ1) is 12.8. The molecule has 0 bridgehead atoms. The molecule has 1 aromatic carbocycles. The SMILES string of the molecule is COCc1cccc(NC(=O)c2sccc2C)c1. The van der Waals surface area contributed by atoms with Gasteiger partial charge in [-0.1, -0.05) is 12.1 Å². The largest absolute Gasteiger partial charge is 0.380 e. The van der Waals surface area contributed by atoms with Crippen molar-refractivity contribution in [2.24, 2.45) is 0 Å². The molecule has 1 heterocycles. The van der Waals surface area contributed by atoms with Crippen molar-refractivity contribution in [2.75, 3.05) is 12.4 Å². The molecule has 0 fully saturated rings. The fourth-order valence-corrected chi connectivity index (χ4v) is 2.52. The normalized spacial score (nSPS) is 10.3. The lowest BCUT2D eigenvalue weighted by Crippen LogP contribution is -2.11. The van der Waals surface area contributed by atoms with E-state index >= 15 is 0 Å². The van der Waals surface area contributed by atoms with Gasteiger partial charge in [0.15, 0.2) is 0 Å². The van der Waals surface area contributed by atoms with Crippen molar-refractivity contribution in [3.8, 4) is 0 Å². The van der Waals surface area contributed by atoms with E-state index in [1.165, 1.54) is 11.3 Å². The highest BCUT2D eigenvalue weighted by Gasteiger charge is 2.10. The van der Waals surface area contributed by atoms with Gasteiger partial charge < -0.3 is 10.1 Å². The highest BCUT2D eigenvalue weighted by Crippen LogP contribution is 2.18. The fourth-order valence-electron chi connectivity index (χ4n) is 1.70. The zero-order valence-electron chi connectivity index (χ0n) is 10.4. The second-order valence-corrected chi connectivity index (χ2v) is 4.94. The lowest BCUT2D eigenvalue weighted by atomic mass is 10.2. The van der Waals surface area contributed by atoms with E-state index in [2.05, 4.69) is 5.32 Å². The van der Waals surface area contributed by atoms with E-state index in [1.807, 2.05) is 42.6 Å². The predicted molar refractivity (Wildman–Crippen MR) is 74.2 cm³/mol. The fraction of sp³-hybridized carbons (Fsp3) is 0.214. The molecule has 0 aliphatic carbocycles. The molecule has 0 unspecified atom stereocenters. The number of aryl methyl sites for hydroxylation is 1. The van der Waals surface area contributed by atoms with Crippen LogP contribution in [0.25, 0.3) is 0 Å². The highest BCUT2D eigenvalue weighted by molar-refractivity contribution is 7.12. The third-order valence-corrected chi connectivity index (χ3v) is 3.58. The van der Waals surface area contributed by atoms with Crippen LogP contribution in [0.5, 0.6) is 0 Å². The summed E-state index contributed by atoms with van der Waals surface area (Å²) in [7, 11) is 1.65. The molecule has 94 valence electrons. The third-order valence-electron chi connectivity index (χ3n) is 2.56. The Morgan fingerprint density at radius 3 is 2.89 bits per heavy atom. The number of ether oxygens (including phenoxy) is 1. The molecule has 2 aromatic rings. The number of hydrogen-bond acceptors (Lipinski definition) is 3. The first-order valence-corrected chi connectivity index (χ1v) is 6.52. The van der Waals surface area contributed by atoms with Crippen LogP contribution in [0.3, 0.4) is 0 Å². The number of hydrogen-bond donors (Lipinski definition) is 1. The van der Waals surface area contributed by atoms with E-state index in [0.29, 0.717) is 6.61 Å². The van der Waals surface area contributed by atoms with Crippen molar-refractivity contribution < 1.29 is 9.53 Å². The number of rotatable bonds is 4. The summed E-state index contributed by atoms with van der Waals surface area (Å²) in [6, 6.07) is 9.62. The third kappa shape index (κ3) is 2.97. The molecule has 0 saturated carbocycles. The van der Waals surface area contributed by atoms with E-state index in [1.54, 1.807) is 7.11 Å². The van der Waals surface area contributed by atoms with Crippen LogP contribution in [0.1, 0.15) is 20.8 Å². The maximum Gasteiger partial charge on any atom is 0.265 e. The van der Waals surface area contributed by atoms with Gasteiger partial charge in [0.2, 0.25) is 0 Å². The summed E-state index contributed by atoms with van der Waals surface area (Å²) in [6.07, 6.45) is 0. The molecule has 0 aliphatic rings. The van der Waals surface area contributed by atoms with Gasteiger partial charge in [0.1, 0.15) is 0 Å². The maximum absolute atomic E-state index is 12.0. The summed E-state index contributed by atoms with van der Waals surface area (Å²) in [4.78, 5) is 12.8. The molecule has 2 rings (SSSR count). The van der Waals surface area contributed by atoms with E-state index in [0.717, 1.165) is 21.7 Å². The summed E-state index contributed by atoms with van der Waals surface area (Å²) >= 11 is 1.45. The Bertz CT molecular complexity index is 548. The summed E-state index contributed by atoms with van der Waals surface area (Å²) in [5.74, 6) is -0.0583. The van der Waals surface area contributed by atoms with Crippen LogP contribution in [0.4, 0.5) is 5.69 Å². The summed E-state index contributed by atoms with van der Waals surface area (Å²) in [5.41, 5.74) is 2.84. The highest BCUT2D eigenvalue weighted by atomic mass is 32.1. The number of amides is 1. The smallest absolute Gasteiger partial charge is 0.265 e. The molecule has 0 atom stereocenters. The van der Waals surface area contributed by atoms with Gasteiger partial charge >= 0.3 is 0 Å². The molecular formula is C14H15NO2S. The summed E-state index contributed by atoms with van der Waals surface area (Å²) < 4.78 is 5.07. The van der Waals surface area contributed by atoms with Gasteiger partial charge in [-0.15, -0.1) is 11.3 Å². The monoisotopic (exact) mass is 261 g/mol. The Hall–Kier alpha value is -1.65. The maximum atomic E-state index is 12.0. The van der Waals surface area contributed by atoms with Crippen LogP contribution in [0.15, 0.2) is 35.7 Å². The average Bonchev–Trinajstić information content (AvgIpc) is 2.76. The van der Waals surface area contributed by atoms with Crippen LogP contribution < -0.4 is 5.32 Å².